The zero-order chi connectivity index (χ0) is 9.61. The number of hydrogen-bond donors (Lipinski definition) is 3. The summed E-state index contributed by atoms with van der Waals surface area (Å²) >= 11 is 0. The third-order valence-electron chi connectivity index (χ3n) is 1.13. The lowest BCUT2D eigenvalue weighted by Crippen LogP contribution is -2.25. The third kappa shape index (κ3) is 10.3. The van der Waals surface area contributed by atoms with E-state index in [2.05, 4.69) is 5.43 Å². The van der Waals surface area contributed by atoms with E-state index in [-0.39, 0.29) is 37.6 Å². The van der Waals surface area contributed by atoms with Crippen LogP contribution < -0.4 is 11.3 Å². The van der Waals surface area contributed by atoms with Crippen molar-refractivity contribution in [2.45, 2.75) is 13.8 Å². The molecule has 0 aliphatic carbocycles. The highest BCUT2D eigenvalue weighted by Crippen LogP contribution is 2.41. The molecule has 0 bridgehead atoms. The van der Waals surface area contributed by atoms with Gasteiger partial charge in [0.25, 0.3) is 0 Å². The second-order valence-electron chi connectivity index (χ2n) is 3.10. The van der Waals surface area contributed by atoms with Crippen LogP contribution in [-0.4, -0.2) is 24.1 Å². The standard InChI is InChI=1S/C6H17N2O3P.ClH/c1-6(2)3-12(9,10)5-11-4-8-7;/h6,8H,3-5,7H2,1-2H3,(H,9,10);1H. The van der Waals surface area contributed by atoms with Crippen LogP contribution in [-0.2, 0) is 9.30 Å². The second kappa shape index (κ2) is 7.74. The number of hydrazine groups is 1. The summed E-state index contributed by atoms with van der Waals surface area (Å²) in [5.74, 6) is 5.12. The average molecular weight is 233 g/mol. The van der Waals surface area contributed by atoms with Crippen molar-refractivity contribution in [3.63, 3.8) is 0 Å². The predicted octanol–water partition coefficient (Wildman–Crippen LogP) is 0.730. The minimum atomic E-state index is -3.10. The quantitative estimate of drug-likeness (QED) is 0.207. The monoisotopic (exact) mass is 232 g/mol. The SMILES string of the molecule is CC(C)CP(=O)(O)COCNN.Cl. The van der Waals surface area contributed by atoms with E-state index in [0.29, 0.717) is 0 Å². The molecule has 0 saturated heterocycles. The van der Waals surface area contributed by atoms with E-state index < -0.39 is 7.37 Å². The minimum Gasteiger partial charge on any atom is -0.355 e. The smallest absolute Gasteiger partial charge is 0.225 e. The van der Waals surface area contributed by atoms with Crippen LogP contribution in [0.3, 0.4) is 0 Å². The van der Waals surface area contributed by atoms with Gasteiger partial charge in [0.2, 0.25) is 7.37 Å². The Hall–Kier alpha value is 0.360. The molecule has 0 aromatic carbocycles. The van der Waals surface area contributed by atoms with Crippen LogP contribution in [0.4, 0.5) is 0 Å². The predicted molar refractivity (Wildman–Crippen MR) is 54.9 cm³/mol. The van der Waals surface area contributed by atoms with E-state index in [0.717, 1.165) is 0 Å². The zero-order valence-electron chi connectivity index (χ0n) is 7.90. The lowest BCUT2D eigenvalue weighted by atomic mass is 10.3. The summed E-state index contributed by atoms with van der Waals surface area (Å²) in [6.07, 6.45) is 0.160. The molecule has 5 nitrogen and oxygen atoms in total. The van der Waals surface area contributed by atoms with Crippen molar-refractivity contribution in [2.24, 2.45) is 11.8 Å². The molecule has 0 aliphatic rings. The van der Waals surface area contributed by atoms with Gasteiger partial charge in [0, 0.05) is 6.16 Å². The lowest BCUT2D eigenvalue weighted by molar-refractivity contribution is 0.149. The van der Waals surface area contributed by atoms with Crippen molar-refractivity contribution in [3.8, 4) is 0 Å². The highest BCUT2D eigenvalue weighted by Gasteiger charge is 2.19. The molecule has 1 unspecified atom stereocenters. The van der Waals surface area contributed by atoms with Gasteiger partial charge in [0.05, 0.1) is 0 Å². The number of halogens is 1. The molecule has 0 spiro atoms. The van der Waals surface area contributed by atoms with Gasteiger partial charge in [-0.25, -0.2) is 5.43 Å². The molecule has 0 saturated carbocycles. The van der Waals surface area contributed by atoms with Crippen molar-refractivity contribution in [3.05, 3.63) is 0 Å². The summed E-state index contributed by atoms with van der Waals surface area (Å²) in [6.45, 7) is 3.89. The van der Waals surface area contributed by atoms with Gasteiger partial charge < -0.3 is 9.63 Å². The molecule has 0 fully saturated rings. The van der Waals surface area contributed by atoms with E-state index in [4.69, 9.17) is 10.6 Å². The van der Waals surface area contributed by atoms with Gasteiger partial charge in [0.15, 0.2) is 0 Å². The van der Waals surface area contributed by atoms with Gasteiger partial charge in [-0.3, -0.25) is 10.4 Å². The topological polar surface area (TPSA) is 84.6 Å². The van der Waals surface area contributed by atoms with Gasteiger partial charge in [-0.15, -0.1) is 12.4 Å². The van der Waals surface area contributed by atoms with Crippen LogP contribution in [0.1, 0.15) is 13.8 Å². The first kappa shape index (κ1) is 15.8. The van der Waals surface area contributed by atoms with Crippen molar-refractivity contribution < 1.29 is 14.2 Å². The van der Waals surface area contributed by atoms with Crippen LogP contribution >= 0.6 is 19.8 Å². The van der Waals surface area contributed by atoms with Gasteiger partial charge in [-0.2, -0.15) is 0 Å². The first-order chi connectivity index (χ1) is 5.48. The molecule has 0 amide bonds. The van der Waals surface area contributed by atoms with Crippen LogP contribution in [0.5, 0.6) is 0 Å². The minimum absolute atomic E-state index is 0. The molecule has 7 heteroatoms. The Morgan fingerprint density at radius 2 is 2.15 bits per heavy atom. The lowest BCUT2D eigenvalue weighted by Gasteiger charge is -2.13. The number of nitrogens with two attached hydrogens (primary N) is 1. The molecule has 82 valence electrons. The Balaban J connectivity index is 0. The maximum Gasteiger partial charge on any atom is 0.225 e. The van der Waals surface area contributed by atoms with Crippen LogP contribution in [0.25, 0.3) is 0 Å². The van der Waals surface area contributed by atoms with Crippen LogP contribution in [0, 0.1) is 5.92 Å². The molecule has 4 N–H and O–H groups in total. The molecular weight excluding hydrogens is 215 g/mol. The molecule has 0 heterocycles. The van der Waals surface area contributed by atoms with Crippen molar-refractivity contribution in [1.82, 2.24) is 5.43 Å². The molecule has 0 aromatic rings. The Labute approximate surface area is 84.9 Å². The number of rotatable bonds is 6. The second-order valence-corrected chi connectivity index (χ2v) is 5.42. The van der Waals surface area contributed by atoms with E-state index in [1.165, 1.54) is 0 Å². The number of hydrogen-bond acceptors (Lipinski definition) is 4. The Kier molecular flexibility index (Phi) is 9.41. The van der Waals surface area contributed by atoms with Crippen molar-refractivity contribution >= 4 is 19.8 Å². The van der Waals surface area contributed by atoms with Crippen LogP contribution in [0.15, 0.2) is 0 Å². The van der Waals surface area contributed by atoms with Gasteiger partial charge in [-0.1, -0.05) is 13.8 Å². The Bertz CT molecular complexity index is 168. The molecule has 0 aliphatic heterocycles. The van der Waals surface area contributed by atoms with Crippen molar-refractivity contribution in [2.75, 3.05) is 19.2 Å². The maximum atomic E-state index is 11.3. The highest BCUT2D eigenvalue weighted by atomic mass is 35.5. The molecule has 0 radical (unpaired) electrons. The molecule has 13 heavy (non-hydrogen) atoms. The molecular formula is C6H18ClN2O3P. The fraction of sp³-hybridized carbons (Fsp3) is 1.00. The van der Waals surface area contributed by atoms with Crippen molar-refractivity contribution in [1.29, 1.82) is 0 Å². The summed E-state index contributed by atoms with van der Waals surface area (Å²) in [5, 5.41) is 0. The Morgan fingerprint density at radius 3 is 2.54 bits per heavy atom. The summed E-state index contributed by atoms with van der Waals surface area (Å²) in [5.41, 5.74) is 2.24. The van der Waals surface area contributed by atoms with E-state index in [1.54, 1.807) is 0 Å². The number of nitrogens with one attached hydrogen (secondary N) is 1. The third-order valence-corrected chi connectivity index (χ3v) is 3.02. The molecule has 0 aromatic heterocycles. The fourth-order valence-electron chi connectivity index (χ4n) is 0.870. The molecule has 0 rings (SSSR count). The largest absolute Gasteiger partial charge is 0.355 e. The molecule has 1 atom stereocenters. The maximum absolute atomic E-state index is 11.3. The van der Waals surface area contributed by atoms with Gasteiger partial charge >= 0.3 is 0 Å². The Morgan fingerprint density at radius 1 is 1.62 bits per heavy atom. The number of ether oxygens (including phenoxy) is 1. The normalized spacial score (nSPS) is 15.2. The first-order valence-corrected chi connectivity index (χ1v) is 5.83. The zero-order valence-corrected chi connectivity index (χ0v) is 9.61. The summed E-state index contributed by atoms with van der Waals surface area (Å²) in [6, 6.07) is 0. The summed E-state index contributed by atoms with van der Waals surface area (Å²) in [7, 11) is -3.10. The summed E-state index contributed by atoms with van der Waals surface area (Å²) in [4.78, 5) is 9.27. The average Bonchev–Trinajstić information content (AvgIpc) is 1.84. The van der Waals surface area contributed by atoms with Crippen LogP contribution in [0.2, 0.25) is 0 Å². The fourth-order valence-corrected chi connectivity index (χ4v) is 2.49. The highest BCUT2D eigenvalue weighted by molar-refractivity contribution is 7.57. The first-order valence-electron chi connectivity index (χ1n) is 3.80. The van der Waals surface area contributed by atoms with Gasteiger partial charge in [0.1, 0.15) is 13.1 Å². The van der Waals surface area contributed by atoms with E-state index in [1.807, 2.05) is 13.8 Å². The van der Waals surface area contributed by atoms with E-state index in [9.17, 15) is 9.46 Å². The summed E-state index contributed by atoms with van der Waals surface area (Å²) < 4.78 is 16.1. The van der Waals surface area contributed by atoms with Gasteiger partial charge in [-0.05, 0) is 5.92 Å². The van der Waals surface area contributed by atoms with E-state index >= 15 is 0 Å².